The molecule has 1 heterocycles. The lowest BCUT2D eigenvalue weighted by molar-refractivity contribution is 0.603. The molecule has 1 aliphatic heterocycles. The van der Waals surface area contributed by atoms with E-state index in [0.29, 0.717) is 30.9 Å². The number of fused-ring (bicyclic) bond motifs is 1. The number of hydrogen-bond donors (Lipinski definition) is 1. The van der Waals surface area contributed by atoms with Crippen LogP contribution in [0.2, 0.25) is 1.41 Å². The van der Waals surface area contributed by atoms with E-state index in [1.165, 1.54) is 28.8 Å². The summed E-state index contributed by atoms with van der Waals surface area (Å²) in [6, 6.07) is 8.03. The van der Waals surface area contributed by atoms with Gasteiger partial charge in [0.25, 0.3) is 0 Å². The average Bonchev–Trinajstić information content (AvgIpc) is 2.56. The first-order valence-electron chi connectivity index (χ1n) is 8.18. The number of halogens is 2. The monoisotopic (exact) mass is 335 g/mol. The van der Waals surface area contributed by atoms with Gasteiger partial charge in [0.15, 0.2) is 1.41 Å². The summed E-state index contributed by atoms with van der Waals surface area (Å²) < 4.78 is 37.2. The van der Waals surface area contributed by atoms with E-state index in [1.807, 2.05) is 18.7 Å². The van der Waals surface area contributed by atoms with E-state index in [2.05, 4.69) is 0 Å². The van der Waals surface area contributed by atoms with Crippen molar-refractivity contribution in [1.29, 1.82) is 0 Å². The van der Waals surface area contributed by atoms with Gasteiger partial charge in [0, 0.05) is 30.6 Å². The summed E-state index contributed by atoms with van der Waals surface area (Å²) >= 11 is 1.32. The van der Waals surface area contributed by atoms with E-state index in [4.69, 9.17) is 1.41 Å². The van der Waals surface area contributed by atoms with Crippen LogP contribution in [-0.2, 0) is 13.0 Å². The molecule has 2 aromatic carbocycles. The Hall–Kier alpha value is -1.75. The summed E-state index contributed by atoms with van der Waals surface area (Å²) in [6.07, 6.45) is 0.698. The zero-order valence-electron chi connectivity index (χ0n) is 14.3. The molecule has 5 heteroatoms. The molecule has 0 unspecified atom stereocenters. The van der Waals surface area contributed by atoms with Gasteiger partial charge in [-0.15, -0.1) is 0 Å². The van der Waals surface area contributed by atoms with Crippen LogP contribution >= 0.6 is 11.9 Å². The molecule has 3 rings (SSSR count). The van der Waals surface area contributed by atoms with Gasteiger partial charge in [-0.05, 0) is 48.2 Å². The quantitative estimate of drug-likeness (QED) is 0.799. The maximum atomic E-state index is 14.6. The SMILES string of the molecule is [2H]N(SCC)c1cc(F)c(N2CCc3cc(F)ccc3C2)cc1C. The molecule has 0 aliphatic carbocycles. The van der Waals surface area contributed by atoms with Gasteiger partial charge in [0.2, 0.25) is 0 Å². The van der Waals surface area contributed by atoms with Crippen LogP contribution in [0.15, 0.2) is 30.3 Å². The molecule has 122 valence electrons. The lowest BCUT2D eigenvalue weighted by atomic mass is 9.99. The number of nitrogens with one attached hydrogen (secondary N) is 1. The second-order valence-corrected chi connectivity index (χ2v) is 6.70. The second-order valence-electron chi connectivity index (χ2n) is 5.68. The fourth-order valence-corrected chi connectivity index (χ4v) is 3.32. The number of nitrogens with zero attached hydrogens (tertiary/aromatic N) is 1. The molecule has 0 saturated heterocycles. The predicted octanol–water partition coefficient (Wildman–Crippen LogP) is 4.92. The molecule has 0 bridgehead atoms. The van der Waals surface area contributed by atoms with Crippen molar-refractivity contribution in [3.63, 3.8) is 0 Å². The van der Waals surface area contributed by atoms with Gasteiger partial charge in [0.05, 0.1) is 5.69 Å². The molecule has 2 nitrogen and oxygen atoms in total. The molecule has 0 fully saturated rings. The maximum absolute atomic E-state index is 14.6. The Morgan fingerprint density at radius 3 is 2.87 bits per heavy atom. The smallest absolute Gasteiger partial charge is 0.175 e. The molecule has 0 aromatic heterocycles. The fraction of sp³-hybridized carbons (Fsp3) is 0.333. The highest BCUT2D eigenvalue weighted by atomic mass is 32.2. The van der Waals surface area contributed by atoms with Crippen LogP contribution in [0.4, 0.5) is 20.2 Å². The summed E-state index contributed by atoms with van der Waals surface area (Å²) in [5, 5.41) is 0. The van der Waals surface area contributed by atoms with E-state index < -0.39 is 0 Å². The second kappa shape index (κ2) is 6.79. The number of aryl methyl sites for hydroxylation is 1. The molecule has 0 radical (unpaired) electrons. The molecule has 0 saturated carbocycles. The van der Waals surface area contributed by atoms with Crippen molar-refractivity contribution in [3.8, 4) is 0 Å². The minimum absolute atomic E-state index is 0.225. The van der Waals surface area contributed by atoms with Crippen LogP contribution in [0.25, 0.3) is 0 Å². The third kappa shape index (κ3) is 3.44. The van der Waals surface area contributed by atoms with Gasteiger partial charge in [0.1, 0.15) is 11.6 Å². The number of anilines is 2. The van der Waals surface area contributed by atoms with Gasteiger partial charge < -0.3 is 9.62 Å². The van der Waals surface area contributed by atoms with E-state index in [9.17, 15) is 8.78 Å². The summed E-state index contributed by atoms with van der Waals surface area (Å²) in [6.45, 7) is 5.07. The van der Waals surface area contributed by atoms with Gasteiger partial charge in [-0.2, -0.15) is 0 Å². The van der Waals surface area contributed by atoms with Crippen molar-refractivity contribution in [3.05, 3.63) is 58.7 Å². The standard InChI is InChI=1S/C18H20F2N2S/c1-3-23-21-17-10-16(20)18(8-12(17)2)22-7-6-13-9-15(19)5-4-14(13)11-22/h4-5,8-10,21H,3,6-7,11H2,1-2H3/i/hD. The van der Waals surface area contributed by atoms with Gasteiger partial charge in [-0.3, -0.25) is 0 Å². The minimum atomic E-state index is -0.324. The minimum Gasteiger partial charge on any atom is -0.364 e. The van der Waals surface area contributed by atoms with Crippen molar-refractivity contribution in [2.45, 2.75) is 26.8 Å². The summed E-state index contributed by atoms with van der Waals surface area (Å²) in [5.41, 5.74) is 4.01. The first kappa shape index (κ1) is 14.8. The Labute approximate surface area is 141 Å². The predicted molar refractivity (Wildman–Crippen MR) is 94.0 cm³/mol. The molecule has 23 heavy (non-hydrogen) atoms. The van der Waals surface area contributed by atoms with E-state index in [1.54, 1.807) is 18.2 Å². The van der Waals surface area contributed by atoms with Crippen molar-refractivity contribution in [1.82, 2.24) is 0 Å². The van der Waals surface area contributed by atoms with Crippen LogP contribution in [0.3, 0.4) is 0 Å². The van der Waals surface area contributed by atoms with Crippen LogP contribution in [-0.4, -0.2) is 12.3 Å². The van der Waals surface area contributed by atoms with Gasteiger partial charge in [-0.25, -0.2) is 8.78 Å². The molecule has 0 spiro atoms. The largest absolute Gasteiger partial charge is 0.364 e. The number of rotatable bonds is 4. The summed E-state index contributed by atoms with van der Waals surface area (Å²) in [7, 11) is 0. The Balaban J connectivity index is 1.88. The highest BCUT2D eigenvalue weighted by Gasteiger charge is 2.20. The summed E-state index contributed by atoms with van der Waals surface area (Å²) in [5.74, 6) is 0.207. The first-order valence-corrected chi connectivity index (χ1v) is 8.68. The average molecular weight is 335 g/mol. The van der Waals surface area contributed by atoms with E-state index >= 15 is 0 Å². The molecule has 1 N–H and O–H groups in total. The fourth-order valence-electron chi connectivity index (χ4n) is 2.86. The van der Waals surface area contributed by atoms with Crippen molar-refractivity contribution in [2.75, 3.05) is 21.9 Å². The van der Waals surface area contributed by atoms with Crippen LogP contribution in [0.1, 0.15) is 23.6 Å². The normalized spacial score (nSPS) is 14.4. The molecule has 1 aliphatic rings. The first-order chi connectivity index (χ1) is 11.5. The van der Waals surface area contributed by atoms with Crippen LogP contribution < -0.4 is 9.62 Å². The topological polar surface area (TPSA) is 15.3 Å². The lowest BCUT2D eigenvalue weighted by Gasteiger charge is -2.31. The molecule has 0 amide bonds. The van der Waals surface area contributed by atoms with Gasteiger partial charge >= 0.3 is 0 Å². The lowest BCUT2D eigenvalue weighted by Crippen LogP contribution is -2.31. The van der Waals surface area contributed by atoms with Gasteiger partial charge in [-0.1, -0.05) is 24.9 Å². The highest BCUT2D eigenvalue weighted by Crippen LogP contribution is 2.31. The zero-order valence-corrected chi connectivity index (χ0v) is 14.1. The van der Waals surface area contributed by atoms with E-state index in [-0.39, 0.29) is 11.6 Å². The Morgan fingerprint density at radius 1 is 1.26 bits per heavy atom. The van der Waals surface area contributed by atoms with Crippen LogP contribution in [0.5, 0.6) is 0 Å². The Bertz CT molecular complexity index is 754. The van der Waals surface area contributed by atoms with Crippen LogP contribution in [0, 0.1) is 18.6 Å². The third-order valence-electron chi connectivity index (χ3n) is 4.08. The maximum Gasteiger partial charge on any atom is 0.175 e. The highest BCUT2D eigenvalue weighted by molar-refractivity contribution is 8.00. The number of hydrogen-bond acceptors (Lipinski definition) is 3. The molecular formula is C18H20F2N2S. The zero-order chi connectivity index (χ0) is 17.3. The third-order valence-corrected chi connectivity index (χ3v) is 4.66. The van der Waals surface area contributed by atoms with Crippen molar-refractivity contribution < 1.29 is 10.2 Å². The molecular weight excluding hydrogens is 314 g/mol. The van der Waals surface area contributed by atoms with Crippen molar-refractivity contribution in [2.24, 2.45) is 0 Å². The van der Waals surface area contributed by atoms with E-state index in [0.717, 1.165) is 22.4 Å². The number of benzene rings is 2. The Kier molecular flexibility index (Phi) is 4.37. The molecule has 0 atom stereocenters. The summed E-state index contributed by atoms with van der Waals surface area (Å²) in [4.78, 5) is 1.98. The Morgan fingerprint density at radius 2 is 2.09 bits per heavy atom. The van der Waals surface area contributed by atoms with Crippen molar-refractivity contribution >= 4 is 23.3 Å². The molecule has 2 aromatic rings.